The van der Waals surface area contributed by atoms with E-state index in [1.54, 1.807) is 0 Å². The lowest BCUT2D eigenvalue weighted by molar-refractivity contribution is -0.189. The number of ether oxygens (including phenoxy) is 1. The summed E-state index contributed by atoms with van der Waals surface area (Å²) in [7, 11) is 0. The first-order valence-corrected chi connectivity index (χ1v) is 6.67. The molecule has 0 unspecified atom stereocenters. The largest absolute Gasteiger partial charge is 0.432 e. The van der Waals surface area contributed by atoms with Gasteiger partial charge in [0.05, 0.1) is 6.33 Å². The first kappa shape index (κ1) is 19.7. The Kier molecular flexibility index (Phi) is 5.53. The number of hydrogen-bond donors (Lipinski definition) is 0. The number of allylic oxidation sites excluding steroid dienone is 1. The average molecular weight is 386 g/mol. The highest BCUT2D eigenvalue weighted by molar-refractivity contribution is 5.65. The maximum Gasteiger partial charge on any atom is 0.432 e. The lowest BCUT2D eigenvalue weighted by atomic mass is 10.0. The number of benzene rings is 2. The maximum atomic E-state index is 14.0. The summed E-state index contributed by atoms with van der Waals surface area (Å²) in [6, 6.07) is 0.548. The summed E-state index contributed by atoms with van der Waals surface area (Å²) in [5, 5.41) is 0. The monoisotopic (exact) mass is 386 g/mol. The summed E-state index contributed by atoms with van der Waals surface area (Å²) >= 11 is 0. The van der Waals surface area contributed by atoms with Crippen LogP contribution in [0, 0.1) is 29.1 Å². The van der Waals surface area contributed by atoms with Crippen molar-refractivity contribution in [3.05, 3.63) is 70.8 Å². The zero-order valence-corrected chi connectivity index (χ0v) is 12.4. The molecule has 0 aliphatic carbocycles. The Hall–Kier alpha value is -2.65. The minimum atomic E-state index is -4.78. The number of hydrogen-bond acceptors (Lipinski definition) is 1. The minimum Gasteiger partial charge on any atom is -0.429 e. The normalized spacial score (nSPS) is 12.4. The van der Waals surface area contributed by atoms with Crippen LogP contribution in [-0.4, -0.2) is 6.67 Å². The van der Waals surface area contributed by atoms with Gasteiger partial charge in [-0.1, -0.05) is 0 Å². The van der Waals surface area contributed by atoms with Gasteiger partial charge in [0.25, 0.3) is 0 Å². The molecular weight excluding hydrogens is 379 g/mol. The summed E-state index contributed by atoms with van der Waals surface area (Å²) in [5.41, 5.74) is -3.45. The number of halogens is 9. The standard InChI is InChI=1S/C16H7F9O/c17-5-8(6-18)7-1-10(19)14(11(20)2-7)16(24,25)26-9-3-12(21)15(23)13(22)4-9/h1-5H,6H2. The third-order valence-electron chi connectivity index (χ3n) is 3.18. The molecule has 10 heteroatoms. The van der Waals surface area contributed by atoms with E-state index in [4.69, 9.17) is 0 Å². The highest BCUT2D eigenvalue weighted by Gasteiger charge is 2.41. The molecule has 0 aromatic heterocycles. The Morgan fingerprint density at radius 1 is 0.885 bits per heavy atom. The molecule has 0 heterocycles. The molecule has 1 nitrogen and oxygen atoms in total. The lowest BCUT2D eigenvalue weighted by Gasteiger charge is -2.20. The molecule has 26 heavy (non-hydrogen) atoms. The van der Waals surface area contributed by atoms with E-state index in [-0.39, 0.29) is 30.6 Å². The van der Waals surface area contributed by atoms with Crippen molar-refractivity contribution in [1.29, 1.82) is 0 Å². The second-order valence-corrected chi connectivity index (χ2v) is 4.90. The van der Waals surface area contributed by atoms with E-state index >= 15 is 0 Å². The van der Waals surface area contributed by atoms with E-state index in [1.165, 1.54) is 0 Å². The average Bonchev–Trinajstić information content (AvgIpc) is 2.52. The zero-order valence-electron chi connectivity index (χ0n) is 12.4. The molecule has 0 atom stereocenters. The van der Waals surface area contributed by atoms with Gasteiger partial charge in [-0.15, -0.1) is 0 Å². The van der Waals surface area contributed by atoms with Crippen molar-refractivity contribution in [3.63, 3.8) is 0 Å². The van der Waals surface area contributed by atoms with Crippen LogP contribution in [0.5, 0.6) is 5.75 Å². The van der Waals surface area contributed by atoms with Gasteiger partial charge in [0, 0.05) is 17.7 Å². The Morgan fingerprint density at radius 3 is 1.81 bits per heavy atom. The smallest absolute Gasteiger partial charge is 0.429 e. The van der Waals surface area contributed by atoms with Crippen molar-refractivity contribution in [2.24, 2.45) is 0 Å². The van der Waals surface area contributed by atoms with Crippen molar-refractivity contribution in [3.8, 4) is 5.75 Å². The molecule has 2 rings (SSSR count). The zero-order chi connectivity index (χ0) is 19.6. The van der Waals surface area contributed by atoms with Gasteiger partial charge in [0.15, 0.2) is 17.5 Å². The third kappa shape index (κ3) is 3.78. The van der Waals surface area contributed by atoms with Crippen LogP contribution in [0.3, 0.4) is 0 Å². The minimum absolute atomic E-state index is 0.0452. The van der Waals surface area contributed by atoms with Crippen LogP contribution in [0.25, 0.3) is 5.57 Å². The first-order chi connectivity index (χ1) is 12.1. The lowest BCUT2D eigenvalue weighted by Crippen LogP contribution is -2.25. The van der Waals surface area contributed by atoms with Crippen molar-refractivity contribution in [2.45, 2.75) is 6.11 Å². The summed E-state index contributed by atoms with van der Waals surface area (Å²) in [6.45, 7) is -1.46. The van der Waals surface area contributed by atoms with Crippen molar-refractivity contribution in [2.75, 3.05) is 6.67 Å². The fourth-order valence-corrected chi connectivity index (χ4v) is 2.00. The highest BCUT2D eigenvalue weighted by atomic mass is 19.3. The van der Waals surface area contributed by atoms with Gasteiger partial charge in [-0.3, -0.25) is 0 Å². The second-order valence-electron chi connectivity index (χ2n) is 4.90. The van der Waals surface area contributed by atoms with Crippen LogP contribution in [0.2, 0.25) is 0 Å². The molecule has 0 bridgehead atoms. The van der Waals surface area contributed by atoms with Crippen LogP contribution < -0.4 is 4.74 Å². The second kappa shape index (κ2) is 7.30. The van der Waals surface area contributed by atoms with Gasteiger partial charge in [0.2, 0.25) is 0 Å². The molecule has 0 spiro atoms. The quantitative estimate of drug-likeness (QED) is 0.467. The molecule has 0 N–H and O–H groups in total. The van der Waals surface area contributed by atoms with Crippen molar-refractivity contribution in [1.82, 2.24) is 0 Å². The van der Waals surface area contributed by atoms with Gasteiger partial charge in [-0.2, -0.15) is 8.78 Å². The predicted molar refractivity (Wildman–Crippen MR) is 72.3 cm³/mol. The van der Waals surface area contributed by atoms with Gasteiger partial charge in [-0.05, 0) is 17.7 Å². The van der Waals surface area contributed by atoms with E-state index < -0.39 is 64.3 Å². The fourth-order valence-electron chi connectivity index (χ4n) is 2.00. The number of alkyl halides is 3. The van der Waals surface area contributed by atoms with Crippen LogP contribution in [0.4, 0.5) is 39.5 Å². The molecule has 140 valence electrons. The molecule has 2 aromatic carbocycles. The van der Waals surface area contributed by atoms with E-state index in [2.05, 4.69) is 4.74 Å². The van der Waals surface area contributed by atoms with Crippen LogP contribution in [0.1, 0.15) is 11.1 Å². The van der Waals surface area contributed by atoms with E-state index in [1.807, 2.05) is 0 Å². The van der Waals surface area contributed by atoms with E-state index in [0.29, 0.717) is 0 Å². The highest BCUT2D eigenvalue weighted by Crippen LogP contribution is 2.37. The molecule has 0 saturated heterocycles. The van der Waals surface area contributed by atoms with E-state index in [0.717, 1.165) is 0 Å². The first-order valence-electron chi connectivity index (χ1n) is 6.67. The molecule has 2 aromatic rings. The number of rotatable bonds is 5. The SMILES string of the molecule is FC=C(CF)c1cc(F)c(C(F)(F)Oc2cc(F)c(F)c(F)c2)c(F)c1. The maximum absolute atomic E-state index is 14.0. The summed E-state index contributed by atoms with van der Waals surface area (Å²) < 4.78 is 123. The molecule has 0 radical (unpaired) electrons. The molecule has 0 aliphatic rings. The van der Waals surface area contributed by atoms with Gasteiger partial charge in [-0.25, -0.2) is 30.7 Å². The van der Waals surface area contributed by atoms with Gasteiger partial charge < -0.3 is 4.74 Å². The van der Waals surface area contributed by atoms with Crippen LogP contribution in [-0.2, 0) is 6.11 Å². The Balaban J connectivity index is 2.46. The molecular formula is C16H7F9O. The predicted octanol–water partition coefficient (Wildman–Crippen LogP) is 5.79. The summed E-state index contributed by atoms with van der Waals surface area (Å²) in [4.78, 5) is 0. The van der Waals surface area contributed by atoms with Crippen LogP contribution in [0.15, 0.2) is 30.6 Å². The Labute approximate surface area is 140 Å². The molecule has 0 fully saturated rings. The van der Waals surface area contributed by atoms with Gasteiger partial charge >= 0.3 is 6.11 Å². The third-order valence-corrected chi connectivity index (χ3v) is 3.18. The van der Waals surface area contributed by atoms with Crippen LogP contribution >= 0.6 is 0 Å². The topological polar surface area (TPSA) is 9.23 Å². The molecule has 0 amide bonds. The molecule has 0 aliphatic heterocycles. The summed E-state index contributed by atoms with van der Waals surface area (Å²) in [5.74, 6) is -10.8. The van der Waals surface area contributed by atoms with Crippen molar-refractivity contribution < 1.29 is 44.3 Å². The van der Waals surface area contributed by atoms with Gasteiger partial charge in [0.1, 0.15) is 29.6 Å². The Bertz CT molecular complexity index is 815. The van der Waals surface area contributed by atoms with E-state index in [9.17, 15) is 39.5 Å². The molecule has 0 saturated carbocycles. The van der Waals surface area contributed by atoms with Crippen molar-refractivity contribution >= 4 is 5.57 Å². The fraction of sp³-hybridized carbons (Fsp3) is 0.125. The Morgan fingerprint density at radius 2 is 1.38 bits per heavy atom. The summed E-state index contributed by atoms with van der Waals surface area (Å²) in [6.07, 6.45) is -5.08.